The van der Waals surface area contributed by atoms with Crippen molar-refractivity contribution in [2.45, 2.75) is 6.92 Å². The van der Waals surface area contributed by atoms with Gasteiger partial charge in [-0.05, 0) is 6.92 Å². The maximum Gasteiger partial charge on any atom is 0.279 e. The summed E-state index contributed by atoms with van der Waals surface area (Å²) >= 11 is 0. The molecule has 0 unspecified atom stereocenters. The Hall–Kier alpha value is -0.460. The molecule has 0 aliphatic rings. The van der Waals surface area contributed by atoms with Crippen molar-refractivity contribution < 1.29 is 13.2 Å². The van der Waals surface area contributed by atoms with Crippen molar-refractivity contribution in [1.82, 2.24) is 9.03 Å². The molecule has 11 heavy (non-hydrogen) atoms. The SMILES string of the molecule is CC(=O)CNS(=O)(=O)N(C)C. The van der Waals surface area contributed by atoms with Crippen LogP contribution in [0.3, 0.4) is 0 Å². The Bertz CT molecular complexity index is 232. The van der Waals surface area contributed by atoms with Gasteiger partial charge in [-0.15, -0.1) is 0 Å². The van der Waals surface area contributed by atoms with E-state index in [1.807, 2.05) is 0 Å². The molecule has 0 bridgehead atoms. The van der Waals surface area contributed by atoms with Gasteiger partial charge in [0.2, 0.25) is 0 Å². The summed E-state index contributed by atoms with van der Waals surface area (Å²) in [5, 5.41) is 0. The Labute approximate surface area is 66.6 Å². The number of ketones is 1. The van der Waals surface area contributed by atoms with Gasteiger partial charge in [-0.3, -0.25) is 4.79 Å². The number of hydrogen-bond acceptors (Lipinski definition) is 3. The molecule has 0 fully saturated rings. The van der Waals surface area contributed by atoms with Gasteiger partial charge in [0.25, 0.3) is 10.2 Å². The minimum Gasteiger partial charge on any atom is -0.299 e. The number of carbonyl (C=O) groups excluding carboxylic acids is 1. The highest BCUT2D eigenvalue weighted by Crippen LogP contribution is 1.86. The maximum atomic E-state index is 10.9. The van der Waals surface area contributed by atoms with E-state index in [4.69, 9.17) is 0 Å². The molecule has 0 saturated heterocycles. The van der Waals surface area contributed by atoms with Gasteiger partial charge >= 0.3 is 0 Å². The van der Waals surface area contributed by atoms with Crippen LogP contribution in [-0.4, -0.2) is 39.1 Å². The van der Waals surface area contributed by atoms with Crippen molar-refractivity contribution >= 4 is 16.0 Å². The van der Waals surface area contributed by atoms with Crippen LogP contribution in [0.5, 0.6) is 0 Å². The molecule has 0 aliphatic heterocycles. The molecule has 0 heterocycles. The van der Waals surface area contributed by atoms with E-state index in [0.29, 0.717) is 0 Å². The van der Waals surface area contributed by atoms with E-state index in [-0.39, 0.29) is 12.3 Å². The molecule has 0 aromatic carbocycles. The fourth-order valence-corrected chi connectivity index (χ4v) is 0.966. The Kier molecular flexibility index (Phi) is 3.64. The van der Waals surface area contributed by atoms with Crippen LogP contribution in [0, 0.1) is 0 Å². The van der Waals surface area contributed by atoms with Crippen LogP contribution in [0.25, 0.3) is 0 Å². The zero-order valence-corrected chi connectivity index (χ0v) is 7.60. The molecule has 0 aliphatic carbocycles. The third kappa shape index (κ3) is 4.07. The van der Waals surface area contributed by atoms with Gasteiger partial charge in [-0.1, -0.05) is 0 Å². The molecule has 6 heteroatoms. The Morgan fingerprint density at radius 1 is 1.45 bits per heavy atom. The van der Waals surface area contributed by atoms with E-state index >= 15 is 0 Å². The van der Waals surface area contributed by atoms with Crippen LogP contribution >= 0.6 is 0 Å². The van der Waals surface area contributed by atoms with Crippen molar-refractivity contribution in [3.8, 4) is 0 Å². The van der Waals surface area contributed by atoms with Crippen molar-refractivity contribution in [2.75, 3.05) is 20.6 Å². The van der Waals surface area contributed by atoms with E-state index in [2.05, 4.69) is 4.72 Å². The predicted molar refractivity (Wildman–Crippen MR) is 41.3 cm³/mol. The molecule has 5 nitrogen and oxygen atoms in total. The highest BCUT2D eigenvalue weighted by atomic mass is 32.2. The first-order chi connectivity index (χ1) is 4.86. The number of nitrogens with zero attached hydrogens (tertiary/aromatic N) is 1. The summed E-state index contributed by atoms with van der Waals surface area (Å²) < 4.78 is 24.9. The van der Waals surface area contributed by atoms with E-state index in [0.717, 1.165) is 4.31 Å². The topological polar surface area (TPSA) is 66.5 Å². The molecular formula is C5H12N2O3S. The molecule has 0 rings (SSSR count). The fraction of sp³-hybridized carbons (Fsp3) is 0.800. The average Bonchev–Trinajstić information content (AvgIpc) is 1.84. The first kappa shape index (κ1) is 10.5. The zero-order valence-electron chi connectivity index (χ0n) is 6.79. The number of carbonyl (C=O) groups is 1. The molecule has 0 saturated carbocycles. The first-order valence-corrected chi connectivity index (χ1v) is 4.47. The highest BCUT2D eigenvalue weighted by molar-refractivity contribution is 7.87. The van der Waals surface area contributed by atoms with Crippen LogP contribution in [0.2, 0.25) is 0 Å². The summed E-state index contributed by atoms with van der Waals surface area (Å²) in [5.74, 6) is -0.213. The molecule has 0 spiro atoms. The van der Waals surface area contributed by atoms with Crippen molar-refractivity contribution in [3.05, 3.63) is 0 Å². The summed E-state index contributed by atoms with van der Waals surface area (Å²) in [6.07, 6.45) is 0. The minimum absolute atomic E-state index is 0.152. The Morgan fingerprint density at radius 2 is 1.91 bits per heavy atom. The average molecular weight is 180 g/mol. The summed E-state index contributed by atoms with van der Waals surface area (Å²) in [6.45, 7) is 1.17. The third-order valence-corrected chi connectivity index (χ3v) is 2.45. The van der Waals surface area contributed by atoms with Gasteiger partial charge in [0.15, 0.2) is 0 Å². The first-order valence-electron chi connectivity index (χ1n) is 3.03. The monoisotopic (exact) mass is 180 g/mol. The minimum atomic E-state index is -3.43. The van der Waals surface area contributed by atoms with Gasteiger partial charge in [-0.2, -0.15) is 17.4 Å². The van der Waals surface area contributed by atoms with E-state index in [1.165, 1.54) is 21.0 Å². The second-order valence-corrected chi connectivity index (χ2v) is 4.28. The lowest BCUT2D eigenvalue weighted by Crippen LogP contribution is -2.37. The smallest absolute Gasteiger partial charge is 0.279 e. The van der Waals surface area contributed by atoms with Crippen LogP contribution in [0.4, 0.5) is 0 Å². The largest absolute Gasteiger partial charge is 0.299 e. The van der Waals surface area contributed by atoms with Gasteiger partial charge in [0.05, 0.1) is 6.54 Å². The highest BCUT2D eigenvalue weighted by Gasteiger charge is 2.12. The van der Waals surface area contributed by atoms with Crippen molar-refractivity contribution in [2.24, 2.45) is 0 Å². The van der Waals surface area contributed by atoms with Crippen LogP contribution < -0.4 is 4.72 Å². The van der Waals surface area contributed by atoms with E-state index < -0.39 is 10.2 Å². The van der Waals surface area contributed by atoms with Crippen LogP contribution in [0.1, 0.15) is 6.92 Å². The number of Topliss-reactive ketones (excluding diaryl/α,β-unsaturated/α-hetero) is 1. The predicted octanol–water partition coefficient (Wildman–Crippen LogP) is -1.03. The molecule has 0 amide bonds. The van der Waals surface area contributed by atoms with Gasteiger partial charge in [-0.25, -0.2) is 0 Å². The summed E-state index contributed by atoms with van der Waals surface area (Å²) in [5.41, 5.74) is 0. The molecular weight excluding hydrogens is 168 g/mol. The molecule has 0 aromatic rings. The number of rotatable bonds is 4. The quantitative estimate of drug-likeness (QED) is 0.601. The standard InChI is InChI=1S/C5H12N2O3S/c1-5(8)4-6-11(9,10)7(2)3/h6H,4H2,1-3H3. The fourth-order valence-electron chi connectivity index (χ4n) is 0.322. The number of hydrogen-bond donors (Lipinski definition) is 1. The summed E-state index contributed by atoms with van der Waals surface area (Å²) in [6, 6.07) is 0. The second kappa shape index (κ2) is 3.80. The lowest BCUT2D eigenvalue weighted by molar-refractivity contribution is -0.115. The van der Waals surface area contributed by atoms with Crippen molar-refractivity contribution in [3.63, 3.8) is 0 Å². The van der Waals surface area contributed by atoms with E-state index in [1.54, 1.807) is 0 Å². The maximum absolute atomic E-state index is 10.9. The second-order valence-electron chi connectivity index (χ2n) is 2.31. The normalized spacial score (nSPS) is 12.0. The molecule has 66 valence electrons. The van der Waals surface area contributed by atoms with Crippen molar-refractivity contribution in [1.29, 1.82) is 0 Å². The zero-order chi connectivity index (χ0) is 9.07. The lowest BCUT2D eigenvalue weighted by atomic mass is 10.5. The summed E-state index contributed by atoms with van der Waals surface area (Å²) in [7, 11) is -0.648. The molecule has 0 radical (unpaired) electrons. The molecule has 0 atom stereocenters. The van der Waals surface area contributed by atoms with Gasteiger partial charge in [0.1, 0.15) is 5.78 Å². The Balaban J connectivity index is 4.05. The molecule has 0 aromatic heterocycles. The number of nitrogens with one attached hydrogen (secondary N) is 1. The Morgan fingerprint density at radius 3 is 2.18 bits per heavy atom. The third-order valence-electron chi connectivity index (χ3n) is 0.984. The van der Waals surface area contributed by atoms with E-state index in [9.17, 15) is 13.2 Å². The molecule has 1 N–H and O–H groups in total. The van der Waals surface area contributed by atoms with Crippen LogP contribution in [-0.2, 0) is 15.0 Å². The van der Waals surface area contributed by atoms with Gasteiger partial charge in [0, 0.05) is 14.1 Å². The summed E-state index contributed by atoms with van der Waals surface area (Å²) in [4.78, 5) is 10.4. The van der Waals surface area contributed by atoms with Crippen LogP contribution in [0.15, 0.2) is 0 Å². The lowest BCUT2D eigenvalue weighted by Gasteiger charge is -2.10. The van der Waals surface area contributed by atoms with Gasteiger partial charge < -0.3 is 0 Å².